The first-order valence-corrected chi connectivity index (χ1v) is 9.76. The zero-order chi connectivity index (χ0) is 19.0. The van der Waals surface area contributed by atoms with Gasteiger partial charge in [0.25, 0.3) is 5.56 Å². The van der Waals surface area contributed by atoms with E-state index in [2.05, 4.69) is 9.97 Å². The summed E-state index contributed by atoms with van der Waals surface area (Å²) in [7, 11) is 0. The van der Waals surface area contributed by atoms with Gasteiger partial charge in [0.2, 0.25) is 0 Å². The third-order valence-electron chi connectivity index (χ3n) is 4.00. The highest BCUT2D eigenvalue weighted by Gasteiger charge is 2.20. The summed E-state index contributed by atoms with van der Waals surface area (Å²) in [5.41, 5.74) is 0.471. The quantitative estimate of drug-likeness (QED) is 0.385. The van der Waals surface area contributed by atoms with E-state index in [0.717, 1.165) is 10.4 Å². The van der Waals surface area contributed by atoms with Crippen molar-refractivity contribution in [3.63, 3.8) is 0 Å². The van der Waals surface area contributed by atoms with Crippen LogP contribution in [-0.2, 0) is 0 Å². The maximum absolute atomic E-state index is 12.7. The second-order valence-electron chi connectivity index (χ2n) is 5.74. The van der Waals surface area contributed by atoms with Crippen molar-refractivity contribution in [2.24, 2.45) is 0 Å². The fourth-order valence-electron chi connectivity index (χ4n) is 2.73. The normalized spacial score (nSPS) is 12.2. The Bertz CT molecular complexity index is 1180. The number of hydrogen-bond acceptors (Lipinski definition) is 7. The molecule has 0 aliphatic heterocycles. The van der Waals surface area contributed by atoms with Crippen LogP contribution < -0.4 is 10.3 Å². The highest BCUT2D eigenvalue weighted by atomic mass is 32.1. The van der Waals surface area contributed by atoms with E-state index in [-0.39, 0.29) is 17.0 Å². The van der Waals surface area contributed by atoms with Crippen molar-refractivity contribution in [2.75, 3.05) is 0 Å². The molecule has 0 unspecified atom stereocenters. The van der Waals surface area contributed by atoms with Crippen molar-refractivity contribution in [3.8, 4) is 16.2 Å². The molecule has 0 amide bonds. The highest BCUT2D eigenvalue weighted by molar-refractivity contribution is 7.18. The monoisotopic (exact) mass is 399 g/mol. The van der Waals surface area contributed by atoms with E-state index in [1.807, 2.05) is 22.9 Å². The Kier molecular flexibility index (Phi) is 4.46. The van der Waals surface area contributed by atoms with Crippen LogP contribution in [0.25, 0.3) is 20.7 Å². The van der Waals surface area contributed by atoms with Crippen LogP contribution in [0.15, 0.2) is 52.0 Å². The van der Waals surface area contributed by atoms with Gasteiger partial charge in [0, 0.05) is 21.9 Å². The van der Waals surface area contributed by atoms with Gasteiger partial charge in [-0.1, -0.05) is 18.2 Å². The van der Waals surface area contributed by atoms with Gasteiger partial charge in [0.1, 0.15) is 4.83 Å². The summed E-state index contributed by atoms with van der Waals surface area (Å²) in [5.74, 6) is 0.452. The Morgan fingerprint density at radius 3 is 2.78 bits per heavy atom. The number of nitrogens with one attached hydrogen (secondary N) is 1. The number of aromatic nitrogens is 2. The third kappa shape index (κ3) is 3.22. The van der Waals surface area contributed by atoms with Crippen LogP contribution in [0.4, 0.5) is 5.69 Å². The zero-order valence-electron chi connectivity index (χ0n) is 14.0. The smallest absolute Gasteiger partial charge is 0.310 e. The van der Waals surface area contributed by atoms with E-state index in [1.54, 1.807) is 30.4 Å². The SMILES string of the molecule is C[C@@H](Oc1ccccc1[N+](=O)[O-])c1nc2scc(-c3cccs3)c2c(=O)[nH]1. The average molecular weight is 399 g/mol. The molecule has 3 aromatic heterocycles. The molecule has 0 spiro atoms. The maximum Gasteiger partial charge on any atom is 0.310 e. The summed E-state index contributed by atoms with van der Waals surface area (Å²) >= 11 is 2.94. The van der Waals surface area contributed by atoms with Crippen LogP contribution in [0.5, 0.6) is 5.75 Å². The molecule has 136 valence electrons. The Labute approximate surface area is 161 Å². The first-order valence-electron chi connectivity index (χ1n) is 8.00. The van der Waals surface area contributed by atoms with Crippen molar-refractivity contribution in [3.05, 3.63) is 73.5 Å². The van der Waals surface area contributed by atoms with Gasteiger partial charge in [-0.3, -0.25) is 14.9 Å². The minimum absolute atomic E-state index is 0.128. The Morgan fingerprint density at radius 1 is 1.22 bits per heavy atom. The van der Waals surface area contributed by atoms with Crippen LogP contribution >= 0.6 is 22.7 Å². The summed E-state index contributed by atoms with van der Waals surface area (Å²) in [6, 6.07) is 10.0. The molecule has 4 rings (SSSR count). The molecule has 0 saturated carbocycles. The molecule has 7 nitrogen and oxygen atoms in total. The van der Waals surface area contributed by atoms with Crippen molar-refractivity contribution >= 4 is 38.6 Å². The van der Waals surface area contributed by atoms with E-state index >= 15 is 0 Å². The van der Waals surface area contributed by atoms with Crippen LogP contribution in [0.1, 0.15) is 18.9 Å². The van der Waals surface area contributed by atoms with Crippen LogP contribution in [0, 0.1) is 10.1 Å². The van der Waals surface area contributed by atoms with Gasteiger partial charge >= 0.3 is 5.69 Å². The van der Waals surface area contributed by atoms with Crippen LogP contribution in [0.2, 0.25) is 0 Å². The molecule has 3 heterocycles. The Balaban J connectivity index is 1.71. The number of fused-ring (bicyclic) bond motifs is 1. The van der Waals surface area contributed by atoms with Gasteiger partial charge in [-0.05, 0) is 24.4 Å². The van der Waals surface area contributed by atoms with Crippen LogP contribution in [-0.4, -0.2) is 14.9 Å². The van der Waals surface area contributed by atoms with E-state index in [4.69, 9.17) is 4.74 Å². The molecule has 0 radical (unpaired) electrons. The minimum atomic E-state index is -0.657. The molecule has 1 atom stereocenters. The second kappa shape index (κ2) is 6.93. The molecule has 4 aromatic rings. The van der Waals surface area contributed by atoms with Gasteiger partial charge in [-0.2, -0.15) is 0 Å². The third-order valence-corrected chi connectivity index (χ3v) is 5.78. The maximum atomic E-state index is 12.7. The number of H-pyrrole nitrogens is 1. The van der Waals surface area contributed by atoms with E-state index in [1.165, 1.54) is 23.5 Å². The predicted molar refractivity (Wildman–Crippen MR) is 106 cm³/mol. The molecule has 0 aliphatic carbocycles. The first kappa shape index (κ1) is 17.4. The predicted octanol–water partition coefficient (Wildman–Crippen LogP) is 4.76. The van der Waals surface area contributed by atoms with E-state index in [0.29, 0.717) is 16.0 Å². The Hall–Kier alpha value is -3.04. The zero-order valence-corrected chi connectivity index (χ0v) is 15.7. The number of para-hydroxylation sites is 2. The molecule has 0 bridgehead atoms. The molecule has 0 saturated heterocycles. The summed E-state index contributed by atoms with van der Waals surface area (Å²) in [6.07, 6.45) is -0.657. The number of hydrogen-bond donors (Lipinski definition) is 1. The lowest BCUT2D eigenvalue weighted by atomic mass is 10.2. The van der Waals surface area contributed by atoms with Crippen molar-refractivity contribution in [1.29, 1.82) is 0 Å². The van der Waals surface area contributed by atoms with E-state index < -0.39 is 11.0 Å². The number of ether oxygens (including phenoxy) is 1. The largest absolute Gasteiger partial charge is 0.476 e. The lowest BCUT2D eigenvalue weighted by molar-refractivity contribution is -0.386. The second-order valence-corrected chi connectivity index (χ2v) is 7.55. The number of nitrogens with zero attached hydrogens (tertiary/aromatic N) is 2. The average Bonchev–Trinajstić information content (AvgIpc) is 3.31. The van der Waals surface area contributed by atoms with Gasteiger partial charge in [0.15, 0.2) is 17.7 Å². The summed E-state index contributed by atoms with van der Waals surface area (Å²) in [5, 5.41) is 15.6. The number of thiophene rings is 2. The summed E-state index contributed by atoms with van der Waals surface area (Å²) in [6.45, 7) is 1.69. The molecule has 0 fully saturated rings. The number of benzene rings is 1. The molecular weight excluding hydrogens is 386 g/mol. The number of nitro groups is 1. The molecule has 1 N–H and O–H groups in total. The van der Waals surface area contributed by atoms with Crippen molar-refractivity contribution in [1.82, 2.24) is 9.97 Å². The molecular formula is C18H13N3O4S2. The Morgan fingerprint density at radius 2 is 2.04 bits per heavy atom. The molecule has 1 aromatic carbocycles. The first-order chi connectivity index (χ1) is 13.0. The van der Waals surface area contributed by atoms with Crippen molar-refractivity contribution in [2.45, 2.75) is 13.0 Å². The number of nitro benzene ring substituents is 1. The van der Waals surface area contributed by atoms with Gasteiger partial charge in [-0.25, -0.2) is 4.98 Å². The lowest BCUT2D eigenvalue weighted by Crippen LogP contribution is -2.16. The summed E-state index contributed by atoms with van der Waals surface area (Å²) in [4.78, 5) is 32.2. The standard InChI is InChI=1S/C18H13N3O4S2/c1-10(25-13-6-3-2-5-12(13)21(23)24)16-19-17(22)15-11(9-27-18(15)20-16)14-7-4-8-26-14/h2-10H,1H3,(H,19,20,22)/t10-/m1/s1. The van der Waals surface area contributed by atoms with Crippen LogP contribution in [0.3, 0.4) is 0 Å². The van der Waals surface area contributed by atoms with Gasteiger partial charge in [-0.15, -0.1) is 22.7 Å². The van der Waals surface area contributed by atoms with Gasteiger partial charge < -0.3 is 9.72 Å². The minimum Gasteiger partial charge on any atom is -0.476 e. The van der Waals surface area contributed by atoms with Crippen molar-refractivity contribution < 1.29 is 9.66 Å². The fourth-order valence-corrected chi connectivity index (χ4v) is 4.49. The lowest BCUT2D eigenvalue weighted by Gasteiger charge is -2.13. The summed E-state index contributed by atoms with van der Waals surface area (Å²) < 4.78 is 5.71. The topological polar surface area (TPSA) is 98.1 Å². The fraction of sp³-hybridized carbons (Fsp3) is 0.111. The van der Waals surface area contributed by atoms with Gasteiger partial charge in [0.05, 0.1) is 10.3 Å². The number of rotatable bonds is 5. The highest BCUT2D eigenvalue weighted by Crippen LogP contribution is 2.34. The molecule has 9 heteroatoms. The molecule has 0 aliphatic rings. The number of aromatic amines is 1. The molecule has 27 heavy (non-hydrogen) atoms. The van der Waals surface area contributed by atoms with E-state index in [9.17, 15) is 14.9 Å².